The fraction of sp³-hybridized carbons (Fsp3) is 0.667. The van der Waals surface area contributed by atoms with Gasteiger partial charge in [-0.15, -0.1) is 11.3 Å². The molecule has 0 bridgehead atoms. The summed E-state index contributed by atoms with van der Waals surface area (Å²) < 4.78 is 36.7. The van der Waals surface area contributed by atoms with Gasteiger partial charge in [0.25, 0.3) is 0 Å². The number of aromatic nitrogens is 1. The zero-order valence-electron chi connectivity index (χ0n) is 8.51. The Kier molecular flexibility index (Phi) is 3.72. The lowest BCUT2D eigenvalue weighted by molar-refractivity contribution is -0.137. The zero-order chi connectivity index (χ0) is 11.6. The Morgan fingerprint density at radius 1 is 1.47 bits per heavy atom. The van der Waals surface area contributed by atoms with E-state index in [2.05, 4.69) is 4.98 Å². The minimum atomic E-state index is -4.36. The Balaban J connectivity index is 2.76. The number of hydrogen-bond acceptors (Lipinski definition) is 3. The van der Waals surface area contributed by atoms with Crippen molar-refractivity contribution in [3.8, 4) is 0 Å². The Hall–Kier alpha value is -0.620. The number of hydrogen-bond donors (Lipinski definition) is 1. The normalized spacial score (nSPS) is 14.6. The third-order valence-corrected chi connectivity index (χ3v) is 3.03. The van der Waals surface area contributed by atoms with Gasteiger partial charge in [-0.25, -0.2) is 4.98 Å². The molecule has 2 N–H and O–H groups in total. The smallest absolute Gasteiger partial charge is 0.323 e. The second-order valence-electron chi connectivity index (χ2n) is 3.80. The second-order valence-corrected chi connectivity index (χ2v) is 4.86. The Bertz CT molecular complexity index is 319. The molecule has 1 rings (SSSR count). The van der Waals surface area contributed by atoms with Crippen LogP contribution in [0.5, 0.6) is 0 Å². The van der Waals surface area contributed by atoms with Crippen LogP contribution in [0.2, 0.25) is 0 Å². The molecule has 0 radical (unpaired) electrons. The van der Waals surface area contributed by atoms with E-state index in [1.165, 1.54) is 6.20 Å². The maximum absolute atomic E-state index is 12.2. The van der Waals surface area contributed by atoms with Crippen molar-refractivity contribution < 1.29 is 13.2 Å². The van der Waals surface area contributed by atoms with E-state index in [0.717, 1.165) is 0 Å². The molecule has 0 aromatic carbocycles. The minimum Gasteiger partial charge on any atom is -0.323 e. The van der Waals surface area contributed by atoms with E-state index in [0.29, 0.717) is 28.6 Å². The van der Waals surface area contributed by atoms with Crippen molar-refractivity contribution >= 4 is 11.3 Å². The molecule has 0 aliphatic rings. The summed E-state index contributed by atoms with van der Waals surface area (Å²) in [5.74, 6) is 0.358. The average Bonchev–Trinajstić information content (AvgIpc) is 2.48. The van der Waals surface area contributed by atoms with Gasteiger partial charge in [0.15, 0.2) is 5.01 Å². The lowest BCUT2D eigenvalue weighted by atomic mass is 10.0. The molecule has 1 unspecified atom stereocenters. The van der Waals surface area contributed by atoms with E-state index >= 15 is 0 Å². The first-order valence-electron chi connectivity index (χ1n) is 4.59. The van der Waals surface area contributed by atoms with Crippen LogP contribution >= 0.6 is 11.3 Å². The molecule has 15 heavy (non-hydrogen) atoms. The van der Waals surface area contributed by atoms with Crippen LogP contribution in [0.3, 0.4) is 0 Å². The average molecular weight is 238 g/mol. The van der Waals surface area contributed by atoms with Crippen LogP contribution in [0.1, 0.15) is 36.2 Å². The second kappa shape index (κ2) is 4.49. The van der Waals surface area contributed by atoms with Crippen LogP contribution in [-0.4, -0.2) is 4.98 Å². The third kappa shape index (κ3) is 3.46. The summed E-state index contributed by atoms with van der Waals surface area (Å²) in [6.45, 7) is 3.96. The van der Waals surface area contributed by atoms with Gasteiger partial charge >= 0.3 is 6.18 Å². The molecule has 0 aliphatic heterocycles. The van der Waals surface area contributed by atoms with Gasteiger partial charge in [-0.3, -0.25) is 0 Å². The summed E-state index contributed by atoms with van der Waals surface area (Å²) in [6.07, 6.45) is -2.47. The van der Waals surface area contributed by atoms with Crippen molar-refractivity contribution in [2.24, 2.45) is 11.7 Å². The number of rotatable bonds is 3. The molecule has 1 heterocycles. The first-order chi connectivity index (χ1) is 6.80. The van der Waals surface area contributed by atoms with Crippen LogP contribution in [0.15, 0.2) is 6.20 Å². The summed E-state index contributed by atoms with van der Waals surface area (Å²) in [7, 11) is 0. The van der Waals surface area contributed by atoms with Crippen molar-refractivity contribution in [2.45, 2.75) is 32.5 Å². The molecule has 6 heteroatoms. The molecule has 0 amide bonds. The molecule has 0 aliphatic carbocycles. The maximum atomic E-state index is 12.2. The quantitative estimate of drug-likeness (QED) is 0.878. The van der Waals surface area contributed by atoms with Crippen LogP contribution in [0.25, 0.3) is 0 Å². The number of thiazole rings is 1. The van der Waals surface area contributed by atoms with Gasteiger partial charge in [-0.2, -0.15) is 13.2 Å². The van der Waals surface area contributed by atoms with Crippen LogP contribution < -0.4 is 5.73 Å². The van der Waals surface area contributed by atoms with Crippen molar-refractivity contribution in [2.75, 3.05) is 0 Å². The molecular weight excluding hydrogens is 225 g/mol. The molecule has 0 spiro atoms. The highest BCUT2D eigenvalue weighted by molar-refractivity contribution is 7.11. The largest absolute Gasteiger partial charge is 0.443 e. The SMILES string of the molecule is CC(C)CC(N)c1cnc(C(F)(F)F)s1. The van der Waals surface area contributed by atoms with Crippen LogP contribution in [0, 0.1) is 5.92 Å². The fourth-order valence-electron chi connectivity index (χ4n) is 1.21. The molecule has 1 aromatic heterocycles. The minimum absolute atomic E-state index is 0.349. The summed E-state index contributed by atoms with van der Waals surface area (Å²) >= 11 is 0.629. The van der Waals surface area contributed by atoms with Crippen molar-refractivity contribution in [1.29, 1.82) is 0 Å². The van der Waals surface area contributed by atoms with Crippen LogP contribution in [0.4, 0.5) is 13.2 Å². The summed E-state index contributed by atoms with van der Waals surface area (Å²) in [6, 6.07) is -0.349. The maximum Gasteiger partial charge on any atom is 0.443 e. The molecule has 1 atom stereocenters. The fourth-order valence-corrected chi connectivity index (χ4v) is 2.01. The van der Waals surface area contributed by atoms with Gasteiger partial charge in [0.1, 0.15) is 0 Å². The summed E-state index contributed by atoms with van der Waals surface area (Å²) in [5, 5.41) is -0.822. The van der Waals surface area contributed by atoms with E-state index in [1.54, 1.807) is 0 Å². The summed E-state index contributed by atoms with van der Waals surface area (Å²) in [4.78, 5) is 3.83. The highest BCUT2D eigenvalue weighted by atomic mass is 32.1. The lowest BCUT2D eigenvalue weighted by Gasteiger charge is -2.11. The van der Waals surface area contributed by atoms with Crippen molar-refractivity contribution in [3.05, 3.63) is 16.1 Å². The molecule has 0 saturated carbocycles. The predicted octanol–water partition coefficient (Wildman–Crippen LogP) is 3.21. The Labute approximate surface area is 90.3 Å². The molecule has 0 saturated heterocycles. The molecule has 86 valence electrons. The van der Waals surface area contributed by atoms with E-state index in [4.69, 9.17) is 5.73 Å². The molecule has 1 aromatic rings. The Morgan fingerprint density at radius 3 is 2.47 bits per heavy atom. The first kappa shape index (κ1) is 12.4. The third-order valence-electron chi connectivity index (χ3n) is 1.86. The van der Waals surface area contributed by atoms with Gasteiger partial charge in [0.05, 0.1) is 0 Å². The first-order valence-corrected chi connectivity index (χ1v) is 5.41. The number of alkyl halides is 3. The van der Waals surface area contributed by atoms with Gasteiger partial charge in [-0.1, -0.05) is 13.8 Å². The number of halogens is 3. The van der Waals surface area contributed by atoms with Crippen molar-refractivity contribution in [3.63, 3.8) is 0 Å². The van der Waals surface area contributed by atoms with Gasteiger partial charge in [-0.05, 0) is 12.3 Å². The van der Waals surface area contributed by atoms with E-state index in [9.17, 15) is 13.2 Å². The zero-order valence-corrected chi connectivity index (χ0v) is 9.32. The Morgan fingerprint density at radius 2 is 2.07 bits per heavy atom. The predicted molar refractivity (Wildman–Crippen MR) is 53.5 cm³/mol. The van der Waals surface area contributed by atoms with Crippen molar-refractivity contribution in [1.82, 2.24) is 4.98 Å². The molecular formula is C9H13F3N2S. The molecule has 0 fully saturated rings. The lowest BCUT2D eigenvalue weighted by Crippen LogP contribution is -2.11. The van der Waals surface area contributed by atoms with Gasteiger partial charge < -0.3 is 5.73 Å². The number of nitrogens with zero attached hydrogens (tertiary/aromatic N) is 1. The molecule has 2 nitrogen and oxygen atoms in total. The highest BCUT2D eigenvalue weighted by Crippen LogP contribution is 2.34. The van der Waals surface area contributed by atoms with E-state index in [-0.39, 0.29) is 6.04 Å². The topological polar surface area (TPSA) is 38.9 Å². The standard InChI is InChI=1S/C9H13F3N2S/c1-5(2)3-6(13)7-4-14-8(15-7)9(10,11)12/h4-6H,3,13H2,1-2H3. The van der Waals surface area contributed by atoms with Gasteiger partial charge in [0.2, 0.25) is 0 Å². The van der Waals surface area contributed by atoms with Gasteiger partial charge in [0, 0.05) is 17.1 Å². The number of nitrogens with two attached hydrogens (primary N) is 1. The van der Waals surface area contributed by atoms with E-state index < -0.39 is 11.2 Å². The highest BCUT2D eigenvalue weighted by Gasteiger charge is 2.35. The van der Waals surface area contributed by atoms with E-state index in [1.807, 2.05) is 13.8 Å². The monoisotopic (exact) mass is 238 g/mol. The van der Waals surface area contributed by atoms with Crippen LogP contribution in [-0.2, 0) is 6.18 Å². The summed E-state index contributed by atoms with van der Waals surface area (Å²) in [5.41, 5.74) is 5.76.